The molecule has 0 heterocycles. The zero-order valence-corrected chi connectivity index (χ0v) is 17.8. The van der Waals surface area contributed by atoms with Gasteiger partial charge in [-0.2, -0.15) is 13.2 Å². The van der Waals surface area contributed by atoms with Crippen LogP contribution in [-0.2, 0) is 14.6 Å². The first-order valence-corrected chi connectivity index (χ1v) is 11.4. The third-order valence-electron chi connectivity index (χ3n) is 5.16. The van der Waals surface area contributed by atoms with Crippen LogP contribution in [0.3, 0.4) is 0 Å². The van der Waals surface area contributed by atoms with Crippen molar-refractivity contribution in [2.45, 2.75) is 41.5 Å². The Hall–Kier alpha value is -2.97. The van der Waals surface area contributed by atoms with Gasteiger partial charge in [-0.3, -0.25) is 10.1 Å². The highest BCUT2D eigenvalue weighted by atomic mass is 32.2. The molecule has 1 aliphatic carbocycles. The maximum atomic E-state index is 13.8. The lowest BCUT2D eigenvalue weighted by Crippen LogP contribution is -2.54. The van der Waals surface area contributed by atoms with Crippen molar-refractivity contribution < 1.29 is 35.2 Å². The van der Waals surface area contributed by atoms with Gasteiger partial charge in [0.05, 0.1) is 10.6 Å². The monoisotopic (exact) mass is 486 g/mol. The fourth-order valence-electron chi connectivity index (χ4n) is 3.15. The summed E-state index contributed by atoms with van der Waals surface area (Å²) in [5.41, 5.74) is -1.46. The SMILES string of the molecule is C#CC1(NC(=O)[C@H](CS(=O)(=O)c2ccc(F)cc2)N[C@@H](c2ccc(F)cc2)C(F)(F)F)CC1. The highest BCUT2D eigenvalue weighted by Gasteiger charge is 2.47. The number of carbonyl (C=O) groups is 1. The summed E-state index contributed by atoms with van der Waals surface area (Å²) >= 11 is 0. The Balaban J connectivity index is 1.94. The van der Waals surface area contributed by atoms with Crippen molar-refractivity contribution in [2.75, 3.05) is 5.75 Å². The first kappa shape index (κ1) is 24.7. The zero-order chi connectivity index (χ0) is 24.4. The molecule has 0 bridgehead atoms. The molecule has 0 radical (unpaired) electrons. The second-order valence-electron chi connectivity index (χ2n) is 7.70. The second-order valence-corrected chi connectivity index (χ2v) is 9.73. The summed E-state index contributed by atoms with van der Waals surface area (Å²) in [5, 5.41) is 4.49. The van der Waals surface area contributed by atoms with E-state index in [0.29, 0.717) is 12.8 Å². The Bertz CT molecular complexity index is 1150. The van der Waals surface area contributed by atoms with Gasteiger partial charge in [0, 0.05) is 0 Å². The summed E-state index contributed by atoms with van der Waals surface area (Å²) in [6.07, 6.45) is 1.22. The number of rotatable bonds is 8. The fraction of sp³-hybridized carbons (Fsp3) is 0.318. The molecular formula is C22H19F5N2O3S. The minimum Gasteiger partial charge on any atom is -0.338 e. The molecule has 2 N–H and O–H groups in total. The number of sulfone groups is 1. The number of nitrogens with one attached hydrogen (secondary N) is 2. The molecule has 5 nitrogen and oxygen atoms in total. The third kappa shape index (κ3) is 6.09. The highest BCUT2D eigenvalue weighted by molar-refractivity contribution is 7.91. The topological polar surface area (TPSA) is 75.3 Å². The van der Waals surface area contributed by atoms with Gasteiger partial charge >= 0.3 is 6.18 Å². The largest absolute Gasteiger partial charge is 0.407 e. The van der Waals surface area contributed by atoms with E-state index in [9.17, 15) is 35.2 Å². The Morgan fingerprint density at radius 2 is 1.55 bits per heavy atom. The number of terminal acetylenes is 1. The summed E-state index contributed by atoms with van der Waals surface area (Å²) in [5.74, 6) is -1.22. The van der Waals surface area contributed by atoms with Crippen LogP contribution < -0.4 is 10.6 Å². The van der Waals surface area contributed by atoms with E-state index in [1.807, 2.05) is 0 Å². The van der Waals surface area contributed by atoms with Crippen LogP contribution in [0.1, 0.15) is 24.4 Å². The fourth-order valence-corrected chi connectivity index (χ4v) is 4.58. The van der Waals surface area contributed by atoms with Crippen LogP contribution >= 0.6 is 0 Å². The first-order valence-electron chi connectivity index (χ1n) is 9.72. The van der Waals surface area contributed by atoms with Gasteiger partial charge in [0.25, 0.3) is 0 Å². The van der Waals surface area contributed by atoms with Crippen LogP contribution in [0.15, 0.2) is 53.4 Å². The number of amides is 1. The molecule has 1 saturated carbocycles. The zero-order valence-electron chi connectivity index (χ0n) is 17.0. The molecule has 0 aromatic heterocycles. The summed E-state index contributed by atoms with van der Waals surface area (Å²) in [4.78, 5) is 12.5. The lowest BCUT2D eigenvalue weighted by Gasteiger charge is -2.28. The van der Waals surface area contributed by atoms with Gasteiger partial charge in [-0.25, -0.2) is 17.2 Å². The van der Waals surface area contributed by atoms with Crippen molar-refractivity contribution in [1.82, 2.24) is 10.6 Å². The van der Waals surface area contributed by atoms with Gasteiger partial charge in [-0.1, -0.05) is 18.1 Å². The van der Waals surface area contributed by atoms with Gasteiger partial charge in [0.1, 0.15) is 29.3 Å². The summed E-state index contributed by atoms with van der Waals surface area (Å²) < 4.78 is 93.5. The molecule has 2 aromatic rings. The standard InChI is InChI=1S/C22H19F5N2O3S/c1-2-21(11-12-21)29-20(30)18(13-33(31,32)17-9-7-16(24)8-10-17)28-19(22(25,26)27)14-3-5-15(23)6-4-14/h1,3-10,18-19,28H,11-13H2,(H,29,30)/t18-,19-/m0/s1. The number of hydrogen-bond acceptors (Lipinski definition) is 4. The highest BCUT2D eigenvalue weighted by Crippen LogP contribution is 2.36. The summed E-state index contributed by atoms with van der Waals surface area (Å²) in [6.45, 7) is 0. The molecule has 1 aliphatic rings. The van der Waals surface area contributed by atoms with E-state index in [2.05, 4.69) is 16.6 Å². The number of alkyl halides is 3. The van der Waals surface area contributed by atoms with Crippen molar-refractivity contribution >= 4 is 15.7 Å². The first-order chi connectivity index (χ1) is 15.3. The van der Waals surface area contributed by atoms with E-state index in [4.69, 9.17) is 6.42 Å². The van der Waals surface area contributed by atoms with Crippen molar-refractivity contribution in [3.63, 3.8) is 0 Å². The smallest absolute Gasteiger partial charge is 0.338 e. The molecule has 0 saturated heterocycles. The van der Waals surface area contributed by atoms with Crippen LogP contribution in [0.2, 0.25) is 0 Å². The van der Waals surface area contributed by atoms with E-state index >= 15 is 0 Å². The number of benzene rings is 2. The van der Waals surface area contributed by atoms with Crippen LogP contribution in [0, 0.1) is 24.0 Å². The Morgan fingerprint density at radius 1 is 1.03 bits per heavy atom. The quantitative estimate of drug-likeness (QED) is 0.341. The Morgan fingerprint density at radius 3 is 2.00 bits per heavy atom. The number of halogens is 5. The molecule has 0 aliphatic heterocycles. The van der Waals surface area contributed by atoms with Gasteiger partial charge in [0.15, 0.2) is 9.84 Å². The molecule has 2 aromatic carbocycles. The summed E-state index contributed by atoms with van der Waals surface area (Å²) in [7, 11) is -4.31. The average Bonchev–Trinajstić information content (AvgIpc) is 3.51. The van der Waals surface area contributed by atoms with Gasteiger partial charge < -0.3 is 5.32 Å². The molecule has 11 heteroatoms. The lowest BCUT2D eigenvalue weighted by molar-refractivity contribution is -0.160. The van der Waals surface area contributed by atoms with E-state index in [1.165, 1.54) is 0 Å². The van der Waals surface area contributed by atoms with Crippen molar-refractivity contribution in [1.29, 1.82) is 0 Å². The van der Waals surface area contributed by atoms with Crippen LogP contribution in [-0.4, -0.2) is 37.8 Å². The Kier molecular flexibility index (Phi) is 6.81. The van der Waals surface area contributed by atoms with E-state index in [0.717, 1.165) is 48.5 Å². The molecule has 0 unspecified atom stereocenters. The number of hydrogen-bond donors (Lipinski definition) is 2. The lowest BCUT2D eigenvalue weighted by atomic mass is 10.0. The van der Waals surface area contributed by atoms with Crippen LogP contribution in [0.5, 0.6) is 0 Å². The second kappa shape index (κ2) is 9.11. The summed E-state index contributed by atoms with van der Waals surface area (Å²) in [6, 6.07) is 2.71. The minimum absolute atomic E-state index is 0.369. The van der Waals surface area contributed by atoms with Crippen molar-refractivity contribution in [2.24, 2.45) is 0 Å². The van der Waals surface area contributed by atoms with E-state index in [1.54, 1.807) is 0 Å². The average molecular weight is 486 g/mol. The predicted octanol–water partition coefficient (Wildman–Crippen LogP) is 3.28. The normalized spacial score (nSPS) is 17.0. The van der Waals surface area contributed by atoms with Crippen LogP contribution in [0.4, 0.5) is 22.0 Å². The Labute approximate surface area is 187 Å². The third-order valence-corrected chi connectivity index (χ3v) is 6.93. The molecule has 1 fully saturated rings. The molecule has 1 amide bonds. The molecule has 176 valence electrons. The molecule has 0 spiro atoms. The van der Waals surface area contributed by atoms with Gasteiger partial charge in [0.2, 0.25) is 5.91 Å². The maximum absolute atomic E-state index is 13.8. The molecule has 33 heavy (non-hydrogen) atoms. The molecule has 2 atom stereocenters. The minimum atomic E-state index is -4.95. The predicted molar refractivity (Wildman–Crippen MR) is 110 cm³/mol. The molecular weight excluding hydrogens is 467 g/mol. The van der Waals surface area contributed by atoms with E-state index < -0.39 is 62.5 Å². The van der Waals surface area contributed by atoms with E-state index in [-0.39, 0.29) is 4.90 Å². The van der Waals surface area contributed by atoms with Crippen LogP contribution in [0.25, 0.3) is 0 Å². The maximum Gasteiger partial charge on any atom is 0.407 e. The van der Waals surface area contributed by atoms with Crippen molar-refractivity contribution in [3.8, 4) is 12.3 Å². The van der Waals surface area contributed by atoms with Gasteiger partial charge in [-0.15, -0.1) is 6.42 Å². The molecule has 3 rings (SSSR count). The number of carbonyl (C=O) groups excluding carboxylic acids is 1. The van der Waals surface area contributed by atoms with Gasteiger partial charge in [-0.05, 0) is 54.8 Å². The van der Waals surface area contributed by atoms with Crippen molar-refractivity contribution in [3.05, 3.63) is 65.7 Å².